The van der Waals surface area contributed by atoms with E-state index in [0.717, 1.165) is 19.7 Å². The van der Waals surface area contributed by atoms with Crippen molar-refractivity contribution in [3.63, 3.8) is 0 Å². The van der Waals surface area contributed by atoms with Gasteiger partial charge in [-0.05, 0) is 18.9 Å². The van der Waals surface area contributed by atoms with Gasteiger partial charge in [0.1, 0.15) is 0 Å². The average molecular weight is 216 g/mol. The molecule has 2 atom stereocenters. The highest BCUT2D eigenvalue weighted by atomic mass is 16.5. The molecule has 2 N–H and O–H groups in total. The van der Waals surface area contributed by atoms with Crippen LogP contribution in [0.1, 0.15) is 34.6 Å². The molecule has 0 radical (unpaired) electrons. The molecular formula is C12H28N2O. The van der Waals surface area contributed by atoms with Gasteiger partial charge in [0.25, 0.3) is 0 Å². The minimum absolute atomic E-state index is 0.167. The molecule has 92 valence electrons. The first kappa shape index (κ1) is 14.9. The Kier molecular flexibility index (Phi) is 6.41. The number of ether oxygens (including phenoxy) is 1. The van der Waals surface area contributed by atoms with E-state index >= 15 is 0 Å². The van der Waals surface area contributed by atoms with Gasteiger partial charge in [-0.2, -0.15) is 0 Å². The van der Waals surface area contributed by atoms with E-state index < -0.39 is 0 Å². The molecule has 0 aliphatic rings. The van der Waals surface area contributed by atoms with Crippen LogP contribution in [0.3, 0.4) is 0 Å². The van der Waals surface area contributed by atoms with Gasteiger partial charge in [-0.3, -0.25) is 4.90 Å². The molecule has 0 saturated carbocycles. The molecular weight excluding hydrogens is 188 g/mol. The zero-order chi connectivity index (χ0) is 12.1. The molecule has 2 unspecified atom stereocenters. The van der Waals surface area contributed by atoms with Crippen molar-refractivity contribution in [2.45, 2.75) is 46.7 Å². The fourth-order valence-electron chi connectivity index (χ4n) is 1.49. The van der Waals surface area contributed by atoms with Gasteiger partial charge in [0.15, 0.2) is 0 Å². The van der Waals surface area contributed by atoms with E-state index in [1.165, 1.54) is 0 Å². The molecule has 0 bridgehead atoms. The first-order valence-corrected chi connectivity index (χ1v) is 5.81. The molecule has 3 nitrogen and oxygen atoms in total. The van der Waals surface area contributed by atoms with Crippen molar-refractivity contribution < 1.29 is 4.74 Å². The average Bonchev–Trinajstić information content (AvgIpc) is 2.12. The smallest absolute Gasteiger partial charge is 0.0615 e. The summed E-state index contributed by atoms with van der Waals surface area (Å²) < 4.78 is 5.17. The Morgan fingerprint density at radius 2 is 1.87 bits per heavy atom. The SMILES string of the molecule is CCN(CC(N)C(C)(C)C)C(C)COC. The van der Waals surface area contributed by atoms with E-state index in [9.17, 15) is 0 Å². The zero-order valence-corrected chi connectivity index (χ0v) is 11.2. The third kappa shape index (κ3) is 5.50. The van der Waals surface area contributed by atoms with Crippen LogP contribution < -0.4 is 5.73 Å². The van der Waals surface area contributed by atoms with Crippen LogP contribution in [0, 0.1) is 5.41 Å². The Morgan fingerprint density at radius 3 is 2.20 bits per heavy atom. The van der Waals surface area contributed by atoms with Gasteiger partial charge in [0.05, 0.1) is 6.61 Å². The maximum absolute atomic E-state index is 6.18. The molecule has 0 fully saturated rings. The van der Waals surface area contributed by atoms with Crippen molar-refractivity contribution in [3.8, 4) is 0 Å². The molecule has 0 saturated heterocycles. The van der Waals surface area contributed by atoms with Crippen molar-refractivity contribution in [1.82, 2.24) is 4.90 Å². The largest absolute Gasteiger partial charge is 0.383 e. The third-order valence-electron chi connectivity index (χ3n) is 2.98. The van der Waals surface area contributed by atoms with Crippen LogP contribution in [-0.4, -0.2) is 43.8 Å². The van der Waals surface area contributed by atoms with Gasteiger partial charge >= 0.3 is 0 Å². The van der Waals surface area contributed by atoms with Gasteiger partial charge in [0, 0.05) is 25.7 Å². The van der Waals surface area contributed by atoms with Crippen molar-refractivity contribution in [3.05, 3.63) is 0 Å². The lowest BCUT2D eigenvalue weighted by Crippen LogP contribution is -2.49. The number of hydrogen-bond donors (Lipinski definition) is 1. The molecule has 0 heterocycles. The lowest BCUT2D eigenvalue weighted by molar-refractivity contribution is 0.0880. The molecule has 0 spiro atoms. The lowest BCUT2D eigenvalue weighted by atomic mass is 9.87. The van der Waals surface area contributed by atoms with E-state index in [4.69, 9.17) is 10.5 Å². The standard InChI is InChI=1S/C12H28N2O/c1-7-14(10(2)9-15-6)8-11(13)12(3,4)5/h10-11H,7-9,13H2,1-6H3. The second-order valence-corrected chi connectivity index (χ2v) is 5.36. The number of nitrogens with zero attached hydrogens (tertiary/aromatic N) is 1. The van der Waals surface area contributed by atoms with Crippen molar-refractivity contribution >= 4 is 0 Å². The summed E-state index contributed by atoms with van der Waals surface area (Å²) in [7, 11) is 1.74. The molecule has 0 aromatic rings. The van der Waals surface area contributed by atoms with Crippen molar-refractivity contribution in [2.75, 3.05) is 26.8 Å². The van der Waals surface area contributed by atoms with Crippen molar-refractivity contribution in [2.24, 2.45) is 11.1 Å². The number of methoxy groups -OCH3 is 1. The van der Waals surface area contributed by atoms with Crippen LogP contribution in [-0.2, 0) is 4.74 Å². The minimum atomic E-state index is 0.167. The molecule has 0 amide bonds. The highest BCUT2D eigenvalue weighted by Crippen LogP contribution is 2.18. The Hall–Kier alpha value is -0.120. The Bertz CT molecular complexity index is 165. The number of rotatable bonds is 6. The highest BCUT2D eigenvalue weighted by Gasteiger charge is 2.24. The quantitative estimate of drug-likeness (QED) is 0.734. The molecule has 15 heavy (non-hydrogen) atoms. The first-order chi connectivity index (χ1) is 6.82. The molecule has 0 aliphatic carbocycles. The van der Waals surface area contributed by atoms with Gasteiger partial charge in [-0.1, -0.05) is 27.7 Å². The van der Waals surface area contributed by atoms with E-state index in [1.807, 2.05) is 0 Å². The van der Waals surface area contributed by atoms with E-state index in [1.54, 1.807) is 7.11 Å². The van der Waals surface area contributed by atoms with Crippen molar-refractivity contribution in [1.29, 1.82) is 0 Å². The summed E-state index contributed by atoms with van der Waals surface area (Å²) >= 11 is 0. The molecule has 0 aromatic carbocycles. The topological polar surface area (TPSA) is 38.5 Å². The van der Waals surface area contributed by atoms with Crippen LogP contribution in [0.4, 0.5) is 0 Å². The fourth-order valence-corrected chi connectivity index (χ4v) is 1.49. The maximum atomic E-state index is 6.18. The second-order valence-electron chi connectivity index (χ2n) is 5.36. The van der Waals surface area contributed by atoms with Crippen LogP contribution in [0.2, 0.25) is 0 Å². The summed E-state index contributed by atoms with van der Waals surface area (Å²) in [6.45, 7) is 13.6. The predicted octanol–water partition coefficient (Wildman–Crippen LogP) is 1.72. The number of hydrogen-bond acceptors (Lipinski definition) is 3. The predicted molar refractivity (Wildman–Crippen MR) is 66.0 cm³/mol. The normalized spacial score (nSPS) is 16.8. The van der Waals surface area contributed by atoms with E-state index in [-0.39, 0.29) is 11.5 Å². The first-order valence-electron chi connectivity index (χ1n) is 5.81. The number of likely N-dealkylation sites (N-methyl/N-ethyl adjacent to an activating group) is 1. The molecule has 0 rings (SSSR count). The van der Waals surface area contributed by atoms with Gasteiger partial charge in [-0.25, -0.2) is 0 Å². The molecule has 0 aromatic heterocycles. The van der Waals surface area contributed by atoms with Gasteiger partial charge in [-0.15, -0.1) is 0 Å². The molecule has 3 heteroatoms. The van der Waals surface area contributed by atoms with Crippen LogP contribution >= 0.6 is 0 Å². The Morgan fingerprint density at radius 1 is 1.33 bits per heavy atom. The lowest BCUT2D eigenvalue weighted by Gasteiger charge is -2.35. The van der Waals surface area contributed by atoms with Gasteiger partial charge in [0.2, 0.25) is 0 Å². The van der Waals surface area contributed by atoms with Crippen LogP contribution in [0.25, 0.3) is 0 Å². The third-order valence-corrected chi connectivity index (χ3v) is 2.98. The van der Waals surface area contributed by atoms with Crippen LogP contribution in [0.15, 0.2) is 0 Å². The van der Waals surface area contributed by atoms with Crippen LogP contribution in [0.5, 0.6) is 0 Å². The highest BCUT2D eigenvalue weighted by molar-refractivity contribution is 4.81. The molecule has 0 aliphatic heterocycles. The summed E-state index contributed by atoms with van der Waals surface area (Å²) in [5, 5.41) is 0. The number of nitrogens with two attached hydrogens (primary N) is 1. The fraction of sp³-hybridized carbons (Fsp3) is 1.00. The van der Waals surface area contributed by atoms with Gasteiger partial charge < -0.3 is 10.5 Å². The Labute approximate surface area is 95.0 Å². The summed E-state index contributed by atoms with van der Waals surface area (Å²) in [5.74, 6) is 0. The summed E-state index contributed by atoms with van der Waals surface area (Å²) in [4.78, 5) is 2.37. The second kappa shape index (κ2) is 6.46. The van der Waals surface area contributed by atoms with E-state index in [2.05, 4.69) is 39.5 Å². The van der Waals surface area contributed by atoms with E-state index in [0.29, 0.717) is 6.04 Å². The minimum Gasteiger partial charge on any atom is -0.383 e. The summed E-state index contributed by atoms with van der Waals surface area (Å²) in [6, 6.07) is 0.644. The summed E-state index contributed by atoms with van der Waals surface area (Å²) in [6.07, 6.45) is 0. The Balaban J connectivity index is 4.20. The summed E-state index contributed by atoms with van der Waals surface area (Å²) in [5.41, 5.74) is 6.35. The zero-order valence-electron chi connectivity index (χ0n) is 11.2. The monoisotopic (exact) mass is 216 g/mol. The maximum Gasteiger partial charge on any atom is 0.0615 e.